The average molecular weight is 184 g/mol. The Morgan fingerprint density at radius 2 is 1.85 bits per heavy atom. The highest BCUT2D eigenvalue weighted by molar-refractivity contribution is 4.80. The van der Waals surface area contributed by atoms with E-state index in [-0.39, 0.29) is 0 Å². The molecule has 2 N–H and O–H groups in total. The first kappa shape index (κ1) is 11.0. The number of hydrogen-bond acceptors (Lipinski definition) is 2. The van der Waals surface area contributed by atoms with Crippen LogP contribution in [-0.4, -0.2) is 25.7 Å². The van der Waals surface area contributed by atoms with Gasteiger partial charge in [0.15, 0.2) is 0 Å². The second kappa shape index (κ2) is 4.97. The molecule has 0 aliphatic heterocycles. The van der Waals surface area contributed by atoms with Crippen LogP contribution in [-0.2, 0) is 0 Å². The number of rotatable bonds is 6. The molecule has 0 aromatic heterocycles. The van der Waals surface area contributed by atoms with Gasteiger partial charge in [0.1, 0.15) is 0 Å². The molecule has 2 heteroatoms. The summed E-state index contributed by atoms with van der Waals surface area (Å²) in [6, 6.07) is 0.864. The van der Waals surface area contributed by atoms with Crippen molar-refractivity contribution in [3.8, 4) is 0 Å². The minimum absolute atomic E-state index is 0.421. The van der Waals surface area contributed by atoms with Crippen molar-refractivity contribution >= 4 is 0 Å². The third-order valence-electron chi connectivity index (χ3n) is 2.20. The van der Waals surface area contributed by atoms with E-state index in [4.69, 9.17) is 0 Å². The highest BCUT2D eigenvalue weighted by Gasteiger charge is 2.19. The monoisotopic (exact) mass is 184 g/mol. The molecule has 0 radical (unpaired) electrons. The first-order valence-electron chi connectivity index (χ1n) is 5.52. The van der Waals surface area contributed by atoms with E-state index in [9.17, 15) is 0 Å². The van der Waals surface area contributed by atoms with Crippen LogP contribution in [0.25, 0.3) is 0 Å². The lowest BCUT2D eigenvalue weighted by Gasteiger charge is -2.18. The van der Waals surface area contributed by atoms with E-state index in [2.05, 4.69) is 31.4 Å². The fourth-order valence-electron chi connectivity index (χ4n) is 1.27. The Hall–Kier alpha value is -0.0800. The highest BCUT2D eigenvalue weighted by atomic mass is 15.0. The van der Waals surface area contributed by atoms with Gasteiger partial charge >= 0.3 is 0 Å². The van der Waals surface area contributed by atoms with Gasteiger partial charge in [0.25, 0.3) is 0 Å². The lowest BCUT2D eigenvalue weighted by atomic mass is 9.97. The smallest absolute Gasteiger partial charge is 0.00682 e. The highest BCUT2D eigenvalue weighted by Crippen LogP contribution is 2.18. The van der Waals surface area contributed by atoms with Gasteiger partial charge in [-0.1, -0.05) is 20.8 Å². The fraction of sp³-hybridized carbons (Fsp3) is 1.00. The molecule has 1 aliphatic carbocycles. The van der Waals surface area contributed by atoms with Crippen LogP contribution in [0.2, 0.25) is 0 Å². The Balaban J connectivity index is 1.78. The van der Waals surface area contributed by atoms with E-state index >= 15 is 0 Å². The maximum atomic E-state index is 3.51. The first-order chi connectivity index (χ1) is 6.08. The Morgan fingerprint density at radius 3 is 2.38 bits per heavy atom. The molecule has 0 spiro atoms. The standard InChI is InChI=1S/C11H24N2/c1-11(2,3)9-12-7-4-8-13-10-5-6-10/h10,12-13H,4-9H2,1-3H3. The van der Waals surface area contributed by atoms with Crippen LogP contribution in [0, 0.1) is 5.41 Å². The van der Waals surface area contributed by atoms with Crippen LogP contribution >= 0.6 is 0 Å². The Morgan fingerprint density at radius 1 is 1.15 bits per heavy atom. The minimum Gasteiger partial charge on any atom is -0.316 e. The van der Waals surface area contributed by atoms with Crippen LogP contribution in [0.4, 0.5) is 0 Å². The van der Waals surface area contributed by atoms with Gasteiger partial charge in [-0.25, -0.2) is 0 Å². The molecule has 1 rings (SSSR count). The molecule has 1 fully saturated rings. The second-order valence-electron chi connectivity index (χ2n) is 5.32. The number of nitrogens with one attached hydrogen (secondary N) is 2. The summed E-state index contributed by atoms with van der Waals surface area (Å²) < 4.78 is 0. The predicted octanol–water partition coefficient (Wildman–Crippen LogP) is 1.76. The molecule has 13 heavy (non-hydrogen) atoms. The van der Waals surface area contributed by atoms with Crippen molar-refractivity contribution in [1.29, 1.82) is 0 Å². The molecular formula is C11H24N2. The summed E-state index contributed by atoms with van der Waals surface area (Å²) in [5, 5.41) is 6.99. The Labute approximate surface area is 82.5 Å². The van der Waals surface area contributed by atoms with E-state index in [0.717, 1.165) is 19.1 Å². The minimum atomic E-state index is 0.421. The quantitative estimate of drug-likeness (QED) is 0.615. The van der Waals surface area contributed by atoms with Crippen LogP contribution in [0.3, 0.4) is 0 Å². The van der Waals surface area contributed by atoms with E-state index in [1.807, 2.05) is 0 Å². The van der Waals surface area contributed by atoms with Crippen molar-refractivity contribution in [2.45, 2.75) is 46.1 Å². The van der Waals surface area contributed by atoms with Gasteiger partial charge in [-0.15, -0.1) is 0 Å². The Bertz CT molecular complexity index is 134. The van der Waals surface area contributed by atoms with Gasteiger partial charge in [-0.2, -0.15) is 0 Å². The molecule has 78 valence electrons. The SMILES string of the molecule is CC(C)(C)CNCCCNC1CC1. The summed E-state index contributed by atoms with van der Waals surface area (Å²) in [5.41, 5.74) is 0.421. The summed E-state index contributed by atoms with van der Waals surface area (Å²) in [5.74, 6) is 0. The van der Waals surface area contributed by atoms with Crippen molar-refractivity contribution in [3.63, 3.8) is 0 Å². The molecule has 0 saturated heterocycles. The normalized spacial score (nSPS) is 17.8. The van der Waals surface area contributed by atoms with Crippen molar-refractivity contribution in [1.82, 2.24) is 10.6 Å². The molecule has 0 unspecified atom stereocenters. The molecule has 0 aromatic rings. The molecule has 0 atom stereocenters. The lowest BCUT2D eigenvalue weighted by Crippen LogP contribution is -2.29. The second-order valence-corrected chi connectivity index (χ2v) is 5.32. The lowest BCUT2D eigenvalue weighted by molar-refractivity contribution is 0.378. The predicted molar refractivity (Wildman–Crippen MR) is 58.0 cm³/mol. The van der Waals surface area contributed by atoms with Crippen LogP contribution in [0.1, 0.15) is 40.0 Å². The largest absolute Gasteiger partial charge is 0.316 e. The van der Waals surface area contributed by atoms with Gasteiger partial charge < -0.3 is 10.6 Å². The molecule has 1 aliphatic rings. The zero-order chi connectivity index (χ0) is 9.73. The van der Waals surface area contributed by atoms with E-state index < -0.39 is 0 Å². The topological polar surface area (TPSA) is 24.1 Å². The summed E-state index contributed by atoms with van der Waals surface area (Å²) in [6.07, 6.45) is 4.05. The summed E-state index contributed by atoms with van der Waals surface area (Å²) in [7, 11) is 0. The third kappa shape index (κ3) is 7.03. The summed E-state index contributed by atoms with van der Waals surface area (Å²) in [4.78, 5) is 0. The molecule has 1 saturated carbocycles. The van der Waals surface area contributed by atoms with Gasteiger partial charge in [0, 0.05) is 6.04 Å². The maximum Gasteiger partial charge on any atom is 0.00682 e. The van der Waals surface area contributed by atoms with Gasteiger partial charge in [0.2, 0.25) is 0 Å². The van der Waals surface area contributed by atoms with Crippen molar-refractivity contribution in [2.24, 2.45) is 5.41 Å². The molecule has 0 aromatic carbocycles. The van der Waals surface area contributed by atoms with Crippen molar-refractivity contribution in [2.75, 3.05) is 19.6 Å². The Kier molecular flexibility index (Phi) is 4.20. The molecular weight excluding hydrogens is 160 g/mol. The van der Waals surface area contributed by atoms with Crippen molar-refractivity contribution in [3.05, 3.63) is 0 Å². The molecule has 0 amide bonds. The van der Waals surface area contributed by atoms with Crippen molar-refractivity contribution < 1.29 is 0 Å². The van der Waals surface area contributed by atoms with Gasteiger partial charge in [-0.3, -0.25) is 0 Å². The molecule has 2 nitrogen and oxygen atoms in total. The van der Waals surface area contributed by atoms with E-state index in [1.54, 1.807) is 0 Å². The zero-order valence-electron chi connectivity index (χ0n) is 9.32. The van der Waals surface area contributed by atoms with Gasteiger partial charge in [-0.05, 0) is 44.3 Å². The van der Waals surface area contributed by atoms with Gasteiger partial charge in [0.05, 0.1) is 0 Å². The number of hydrogen-bond donors (Lipinski definition) is 2. The summed E-state index contributed by atoms with van der Waals surface area (Å²) in [6.45, 7) is 10.3. The van der Waals surface area contributed by atoms with E-state index in [0.29, 0.717) is 5.41 Å². The van der Waals surface area contributed by atoms with Crippen LogP contribution < -0.4 is 10.6 Å². The zero-order valence-corrected chi connectivity index (χ0v) is 9.32. The summed E-state index contributed by atoms with van der Waals surface area (Å²) >= 11 is 0. The first-order valence-corrected chi connectivity index (χ1v) is 5.52. The van der Waals surface area contributed by atoms with E-state index in [1.165, 1.54) is 25.8 Å². The maximum absolute atomic E-state index is 3.51. The molecule has 0 heterocycles. The van der Waals surface area contributed by atoms with Crippen LogP contribution in [0.5, 0.6) is 0 Å². The van der Waals surface area contributed by atoms with Crippen LogP contribution in [0.15, 0.2) is 0 Å². The molecule has 0 bridgehead atoms. The fourth-order valence-corrected chi connectivity index (χ4v) is 1.27. The third-order valence-corrected chi connectivity index (χ3v) is 2.20. The average Bonchev–Trinajstić information content (AvgIpc) is 2.77.